The zero-order valence-corrected chi connectivity index (χ0v) is 9.96. The molecule has 0 unspecified atom stereocenters. The summed E-state index contributed by atoms with van der Waals surface area (Å²) in [5.41, 5.74) is 5.55. The molecular weight excluding hydrogens is 262 g/mol. The Morgan fingerprint density at radius 1 is 1.65 bits per heavy atom. The van der Waals surface area contributed by atoms with Crippen molar-refractivity contribution in [3.05, 3.63) is 44.5 Å². The molecule has 0 amide bonds. The van der Waals surface area contributed by atoms with Crippen molar-refractivity contribution in [1.29, 1.82) is 5.26 Å². The van der Waals surface area contributed by atoms with Crippen molar-refractivity contribution >= 4 is 40.6 Å². The van der Waals surface area contributed by atoms with Gasteiger partial charge in [0.15, 0.2) is 0 Å². The first-order chi connectivity index (χ1) is 7.95. The average molecular weight is 268 g/mol. The number of nitrogens with two attached hydrogens (primary N) is 1. The fraction of sp³-hybridized carbons (Fsp3) is 0. The molecule has 0 spiro atoms. The molecule has 1 aromatic carbocycles. The van der Waals surface area contributed by atoms with Crippen LogP contribution >= 0.6 is 23.8 Å². The third kappa shape index (κ3) is 3.24. The number of thiocarbonyl (C=S) groups is 1. The monoisotopic (exact) mass is 267 g/mol. The maximum absolute atomic E-state index is 10.6. The molecular formula is C10H6ClN3O2S. The molecule has 86 valence electrons. The first-order valence-corrected chi connectivity index (χ1v) is 5.10. The lowest BCUT2D eigenvalue weighted by Gasteiger charge is -2.00. The molecule has 0 aromatic heterocycles. The molecule has 1 aromatic rings. The standard InChI is InChI=1S/C10H6ClN3O2S/c11-9-2-1-8(14(15)16)4-6(9)3-7(5-12)10(13)17/h1-4H,(H2,13,17)/b7-3+. The Labute approximate surface area is 107 Å². The summed E-state index contributed by atoms with van der Waals surface area (Å²) < 4.78 is 0. The maximum Gasteiger partial charge on any atom is 0.270 e. The Bertz CT molecular complexity index is 563. The second kappa shape index (κ2) is 5.39. The minimum atomic E-state index is -0.555. The van der Waals surface area contributed by atoms with E-state index in [1.807, 2.05) is 0 Å². The van der Waals surface area contributed by atoms with Gasteiger partial charge in [0.25, 0.3) is 5.69 Å². The Morgan fingerprint density at radius 3 is 2.76 bits per heavy atom. The van der Waals surface area contributed by atoms with Crippen LogP contribution in [0.25, 0.3) is 6.08 Å². The predicted octanol–water partition coefficient (Wildman–Crippen LogP) is 2.44. The number of halogens is 1. The van der Waals surface area contributed by atoms with Crippen LogP contribution in [0.4, 0.5) is 5.69 Å². The van der Waals surface area contributed by atoms with Gasteiger partial charge >= 0.3 is 0 Å². The number of rotatable bonds is 3. The van der Waals surface area contributed by atoms with Crippen LogP contribution in [0.3, 0.4) is 0 Å². The molecule has 0 heterocycles. The summed E-state index contributed by atoms with van der Waals surface area (Å²) in [5, 5.41) is 19.6. The van der Waals surface area contributed by atoms with E-state index in [2.05, 4.69) is 12.2 Å². The highest BCUT2D eigenvalue weighted by Crippen LogP contribution is 2.24. The molecule has 1 rings (SSSR count). The minimum Gasteiger partial charge on any atom is -0.389 e. The highest BCUT2D eigenvalue weighted by atomic mass is 35.5. The van der Waals surface area contributed by atoms with Crippen molar-refractivity contribution in [2.45, 2.75) is 0 Å². The van der Waals surface area contributed by atoms with Crippen LogP contribution in [-0.2, 0) is 0 Å². The van der Waals surface area contributed by atoms with Crippen LogP contribution in [0.5, 0.6) is 0 Å². The summed E-state index contributed by atoms with van der Waals surface area (Å²) in [6.07, 6.45) is 1.32. The fourth-order valence-electron chi connectivity index (χ4n) is 1.07. The molecule has 0 radical (unpaired) electrons. The molecule has 0 aliphatic rings. The third-order valence-corrected chi connectivity index (χ3v) is 2.44. The number of nitrogens with zero attached hydrogens (tertiary/aromatic N) is 2. The van der Waals surface area contributed by atoms with E-state index in [0.717, 1.165) is 0 Å². The van der Waals surface area contributed by atoms with Crippen molar-refractivity contribution in [1.82, 2.24) is 0 Å². The van der Waals surface area contributed by atoms with Gasteiger partial charge in [0.1, 0.15) is 11.1 Å². The van der Waals surface area contributed by atoms with Gasteiger partial charge in [0, 0.05) is 22.7 Å². The topological polar surface area (TPSA) is 92.9 Å². The van der Waals surface area contributed by atoms with E-state index in [-0.39, 0.29) is 21.3 Å². The largest absolute Gasteiger partial charge is 0.389 e. The summed E-state index contributed by atoms with van der Waals surface area (Å²) >= 11 is 10.5. The predicted molar refractivity (Wildman–Crippen MR) is 68.5 cm³/mol. The lowest BCUT2D eigenvalue weighted by molar-refractivity contribution is -0.384. The van der Waals surface area contributed by atoms with Gasteiger partial charge in [-0.3, -0.25) is 10.1 Å². The van der Waals surface area contributed by atoms with E-state index in [0.29, 0.717) is 5.56 Å². The summed E-state index contributed by atoms with van der Waals surface area (Å²) in [5.74, 6) is 0. The van der Waals surface area contributed by atoms with Gasteiger partial charge in [-0.1, -0.05) is 23.8 Å². The second-order valence-corrected chi connectivity index (χ2v) is 3.84. The first-order valence-electron chi connectivity index (χ1n) is 4.31. The zero-order chi connectivity index (χ0) is 13.0. The highest BCUT2D eigenvalue weighted by Gasteiger charge is 2.09. The van der Waals surface area contributed by atoms with Crippen molar-refractivity contribution in [3.63, 3.8) is 0 Å². The van der Waals surface area contributed by atoms with Crippen LogP contribution in [-0.4, -0.2) is 9.91 Å². The van der Waals surface area contributed by atoms with Crippen molar-refractivity contribution < 1.29 is 4.92 Å². The average Bonchev–Trinajstić information content (AvgIpc) is 2.27. The quantitative estimate of drug-likeness (QED) is 0.298. The summed E-state index contributed by atoms with van der Waals surface area (Å²) in [6.45, 7) is 0. The van der Waals surface area contributed by atoms with Crippen molar-refractivity contribution in [3.8, 4) is 6.07 Å². The second-order valence-electron chi connectivity index (χ2n) is 3.00. The van der Waals surface area contributed by atoms with Crippen LogP contribution in [0, 0.1) is 21.4 Å². The highest BCUT2D eigenvalue weighted by molar-refractivity contribution is 7.80. The first kappa shape index (κ1) is 13.1. The van der Waals surface area contributed by atoms with Gasteiger partial charge in [0.05, 0.1) is 10.5 Å². The number of hydrogen-bond acceptors (Lipinski definition) is 4. The molecule has 5 nitrogen and oxygen atoms in total. The fourth-order valence-corrected chi connectivity index (χ4v) is 1.35. The Balaban J connectivity index is 3.32. The number of nitro benzene ring substituents is 1. The van der Waals surface area contributed by atoms with Gasteiger partial charge < -0.3 is 5.73 Å². The molecule has 0 aliphatic carbocycles. The third-order valence-electron chi connectivity index (χ3n) is 1.88. The number of non-ortho nitro benzene ring substituents is 1. The van der Waals surface area contributed by atoms with Crippen LogP contribution in [0.1, 0.15) is 5.56 Å². The van der Waals surface area contributed by atoms with Gasteiger partial charge in [-0.15, -0.1) is 0 Å². The van der Waals surface area contributed by atoms with Crippen LogP contribution < -0.4 is 5.73 Å². The number of nitriles is 1. The molecule has 0 aliphatic heterocycles. The number of nitro groups is 1. The van der Waals surface area contributed by atoms with Crippen LogP contribution in [0.15, 0.2) is 23.8 Å². The lowest BCUT2D eigenvalue weighted by Crippen LogP contribution is -2.09. The van der Waals surface area contributed by atoms with Gasteiger partial charge in [-0.25, -0.2) is 0 Å². The van der Waals surface area contributed by atoms with E-state index < -0.39 is 4.92 Å². The van der Waals surface area contributed by atoms with Gasteiger partial charge in [-0.05, 0) is 12.1 Å². The molecule has 0 bridgehead atoms. The Kier molecular flexibility index (Phi) is 4.15. The normalized spacial score (nSPS) is 10.7. The lowest BCUT2D eigenvalue weighted by atomic mass is 10.1. The Hall–Kier alpha value is -1.97. The molecule has 7 heteroatoms. The zero-order valence-electron chi connectivity index (χ0n) is 8.38. The summed E-state index contributed by atoms with van der Waals surface area (Å²) in [7, 11) is 0. The van der Waals surface area contributed by atoms with E-state index in [4.69, 9.17) is 22.6 Å². The van der Waals surface area contributed by atoms with E-state index >= 15 is 0 Å². The summed E-state index contributed by atoms with van der Waals surface area (Å²) in [4.78, 5) is 9.94. The maximum atomic E-state index is 10.6. The molecule has 0 saturated carbocycles. The van der Waals surface area contributed by atoms with Crippen LogP contribution in [0.2, 0.25) is 5.02 Å². The molecule has 0 fully saturated rings. The van der Waals surface area contributed by atoms with Crippen molar-refractivity contribution in [2.24, 2.45) is 5.73 Å². The van der Waals surface area contributed by atoms with E-state index in [9.17, 15) is 10.1 Å². The summed E-state index contributed by atoms with van der Waals surface area (Å²) in [6, 6.07) is 5.69. The van der Waals surface area contributed by atoms with E-state index in [1.165, 1.54) is 24.3 Å². The smallest absolute Gasteiger partial charge is 0.270 e. The number of benzene rings is 1. The molecule has 17 heavy (non-hydrogen) atoms. The SMILES string of the molecule is N#C/C(=C\c1cc([N+](=O)[O-])ccc1Cl)C(N)=S. The van der Waals surface area contributed by atoms with Crippen molar-refractivity contribution in [2.75, 3.05) is 0 Å². The molecule has 2 N–H and O–H groups in total. The van der Waals surface area contributed by atoms with Gasteiger partial charge in [0.2, 0.25) is 0 Å². The minimum absolute atomic E-state index is 0.0439. The Morgan fingerprint density at radius 2 is 2.29 bits per heavy atom. The number of hydrogen-bond donors (Lipinski definition) is 1. The van der Waals surface area contributed by atoms with E-state index in [1.54, 1.807) is 6.07 Å². The molecule has 0 atom stereocenters. The van der Waals surface area contributed by atoms with Gasteiger partial charge in [-0.2, -0.15) is 5.26 Å². The molecule has 0 saturated heterocycles.